The van der Waals surface area contributed by atoms with Gasteiger partial charge in [0.05, 0.1) is 18.9 Å². The third-order valence-electron chi connectivity index (χ3n) is 6.84. The zero-order chi connectivity index (χ0) is 27.0. The van der Waals surface area contributed by atoms with E-state index in [4.69, 9.17) is 28.8 Å². The molecule has 1 aromatic carbocycles. The van der Waals surface area contributed by atoms with Gasteiger partial charge >= 0.3 is 5.97 Å². The molecule has 38 heavy (non-hydrogen) atoms. The molecular weight excluding hydrogens is 490 g/mol. The molecule has 5 atom stereocenters. The van der Waals surface area contributed by atoms with Crippen molar-refractivity contribution in [1.29, 1.82) is 0 Å². The lowest BCUT2D eigenvalue weighted by atomic mass is 10.0. The van der Waals surface area contributed by atoms with Gasteiger partial charge in [0.15, 0.2) is 18.1 Å². The van der Waals surface area contributed by atoms with E-state index in [0.717, 1.165) is 56.2 Å². The van der Waals surface area contributed by atoms with E-state index in [1.165, 1.54) is 4.68 Å². The summed E-state index contributed by atoms with van der Waals surface area (Å²) in [5, 5.41) is 17.5. The molecule has 0 bridgehead atoms. The summed E-state index contributed by atoms with van der Waals surface area (Å²) in [6.45, 7) is 6.24. The fraction of sp³-hybridized carbons (Fsp3) is 0.679. The molecule has 0 saturated carbocycles. The van der Waals surface area contributed by atoms with E-state index in [-0.39, 0.29) is 13.2 Å². The topological polar surface area (TPSA) is 114 Å². The number of esters is 1. The number of carbonyl (C=O) groups is 1. The maximum Gasteiger partial charge on any atom is 0.333 e. The van der Waals surface area contributed by atoms with Gasteiger partial charge in [-0.05, 0) is 45.6 Å². The largest absolute Gasteiger partial charge is 0.464 e. The van der Waals surface area contributed by atoms with Gasteiger partial charge in [-0.2, -0.15) is 0 Å². The van der Waals surface area contributed by atoms with Gasteiger partial charge in [-0.15, -0.1) is 5.10 Å². The Labute approximate surface area is 224 Å². The summed E-state index contributed by atoms with van der Waals surface area (Å²) in [6.07, 6.45) is 6.23. The number of hydrogen-bond donors (Lipinski definition) is 1. The molecule has 1 N–H and O–H groups in total. The Morgan fingerprint density at radius 3 is 2.58 bits per heavy atom. The molecule has 2 fully saturated rings. The molecule has 2 aromatic rings. The standard InChI is InChI=1S/C28H41N3O7/c1-4-34-26(33)22(31-18-21(29-30-31)16-12-7-5-6-8-13-17-32)23-24(35-19-20-14-10-9-11-15-20)25-27(36-23)38-28(2,3)37-25/h9-11,14-15,18,22-25,27,32H,4-8,12-13,16-17,19H2,1-3H3/t22-,23+,24-,25+,27+/m0/s1. The van der Waals surface area contributed by atoms with Crippen LogP contribution in [0.15, 0.2) is 36.5 Å². The molecule has 0 unspecified atom stereocenters. The fourth-order valence-corrected chi connectivity index (χ4v) is 5.02. The highest BCUT2D eigenvalue weighted by Gasteiger charge is 2.59. The van der Waals surface area contributed by atoms with Gasteiger partial charge < -0.3 is 28.8 Å². The van der Waals surface area contributed by atoms with Crippen molar-refractivity contribution >= 4 is 5.97 Å². The van der Waals surface area contributed by atoms with Crippen molar-refractivity contribution in [2.24, 2.45) is 0 Å². The lowest BCUT2D eigenvalue weighted by Gasteiger charge is -2.29. The Morgan fingerprint density at radius 2 is 1.84 bits per heavy atom. The van der Waals surface area contributed by atoms with Gasteiger partial charge in [0, 0.05) is 12.8 Å². The van der Waals surface area contributed by atoms with Crippen LogP contribution in [0.3, 0.4) is 0 Å². The van der Waals surface area contributed by atoms with Crippen molar-refractivity contribution in [3.63, 3.8) is 0 Å². The van der Waals surface area contributed by atoms with Crippen molar-refractivity contribution in [2.75, 3.05) is 13.2 Å². The molecule has 1 aromatic heterocycles. The maximum absolute atomic E-state index is 13.2. The van der Waals surface area contributed by atoms with Crippen molar-refractivity contribution in [3.05, 3.63) is 47.8 Å². The first kappa shape index (κ1) is 28.6. The molecule has 4 rings (SSSR count). The smallest absolute Gasteiger partial charge is 0.333 e. The second-order valence-electron chi connectivity index (χ2n) is 10.3. The molecule has 10 nitrogen and oxygen atoms in total. The number of aliphatic hydroxyl groups excluding tert-OH is 1. The highest BCUT2D eigenvalue weighted by Crippen LogP contribution is 2.42. The molecule has 0 radical (unpaired) electrons. The number of benzene rings is 1. The van der Waals surface area contributed by atoms with Crippen LogP contribution in [-0.4, -0.2) is 69.7 Å². The van der Waals surface area contributed by atoms with Gasteiger partial charge in [-0.25, -0.2) is 9.48 Å². The van der Waals surface area contributed by atoms with Crippen LogP contribution in [0.5, 0.6) is 0 Å². The number of aliphatic hydroxyl groups is 1. The Kier molecular flexibility index (Phi) is 10.3. The molecule has 3 heterocycles. The summed E-state index contributed by atoms with van der Waals surface area (Å²) in [4.78, 5) is 13.2. The van der Waals surface area contributed by atoms with Crippen LogP contribution < -0.4 is 0 Å². The molecule has 0 aliphatic carbocycles. The third kappa shape index (κ3) is 7.39. The predicted octanol–water partition coefficient (Wildman–Crippen LogP) is 3.72. The van der Waals surface area contributed by atoms with Crippen molar-refractivity contribution in [3.8, 4) is 0 Å². The first-order chi connectivity index (χ1) is 18.4. The monoisotopic (exact) mass is 531 g/mol. The lowest BCUT2D eigenvalue weighted by Crippen LogP contribution is -2.44. The van der Waals surface area contributed by atoms with Crippen molar-refractivity contribution in [2.45, 2.75) is 109 Å². The number of carbonyl (C=O) groups excluding carboxylic acids is 1. The van der Waals surface area contributed by atoms with E-state index < -0.39 is 42.4 Å². The van der Waals surface area contributed by atoms with Crippen LogP contribution in [0.2, 0.25) is 0 Å². The molecule has 10 heteroatoms. The first-order valence-electron chi connectivity index (χ1n) is 13.8. The Hall–Kier alpha value is -2.37. The fourth-order valence-electron chi connectivity index (χ4n) is 5.02. The summed E-state index contributed by atoms with van der Waals surface area (Å²) >= 11 is 0. The SMILES string of the molecule is CCOC(=O)[C@H]([C@H]1O[C@@H]2OC(C)(C)O[C@@H]2[C@H]1OCc1ccccc1)n1cc(CCCCCCCCO)nn1. The number of ether oxygens (including phenoxy) is 5. The summed E-state index contributed by atoms with van der Waals surface area (Å²) in [5.41, 5.74) is 1.81. The Bertz CT molecular complexity index is 999. The lowest BCUT2D eigenvalue weighted by molar-refractivity contribution is -0.226. The molecular formula is C28H41N3O7. The highest BCUT2D eigenvalue weighted by molar-refractivity contribution is 5.75. The van der Waals surface area contributed by atoms with Gasteiger partial charge in [-0.1, -0.05) is 61.2 Å². The van der Waals surface area contributed by atoms with E-state index in [2.05, 4.69) is 10.3 Å². The molecule has 210 valence electrons. The van der Waals surface area contributed by atoms with Crippen molar-refractivity contribution in [1.82, 2.24) is 15.0 Å². The molecule has 2 aliphatic rings. The highest BCUT2D eigenvalue weighted by atomic mass is 16.8. The Balaban J connectivity index is 1.47. The quantitative estimate of drug-likeness (QED) is 0.271. The molecule has 2 aliphatic heterocycles. The number of unbranched alkanes of at least 4 members (excludes halogenated alkanes) is 5. The second kappa shape index (κ2) is 13.6. The van der Waals surface area contributed by atoms with Gasteiger partial charge in [0.1, 0.15) is 18.3 Å². The molecule has 0 amide bonds. The van der Waals surface area contributed by atoms with Gasteiger partial charge in [0.2, 0.25) is 0 Å². The average Bonchev–Trinajstić information content (AvgIpc) is 3.56. The van der Waals surface area contributed by atoms with Crippen LogP contribution in [0.1, 0.15) is 76.6 Å². The van der Waals surface area contributed by atoms with Crippen LogP contribution >= 0.6 is 0 Å². The summed E-state index contributed by atoms with van der Waals surface area (Å²) in [5.74, 6) is -1.29. The zero-order valence-electron chi connectivity index (χ0n) is 22.7. The third-order valence-corrected chi connectivity index (χ3v) is 6.84. The van der Waals surface area contributed by atoms with E-state index in [9.17, 15) is 4.79 Å². The number of fused-ring (bicyclic) bond motifs is 1. The number of rotatable bonds is 15. The summed E-state index contributed by atoms with van der Waals surface area (Å²) < 4.78 is 31.7. The van der Waals surface area contributed by atoms with Crippen LogP contribution in [0.25, 0.3) is 0 Å². The zero-order valence-corrected chi connectivity index (χ0v) is 22.7. The van der Waals surface area contributed by atoms with E-state index in [1.807, 2.05) is 44.2 Å². The molecule has 2 saturated heterocycles. The number of nitrogens with zero attached hydrogens (tertiary/aromatic N) is 3. The van der Waals surface area contributed by atoms with E-state index in [0.29, 0.717) is 6.61 Å². The van der Waals surface area contributed by atoms with Crippen LogP contribution in [-0.2, 0) is 41.5 Å². The predicted molar refractivity (Wildman–Crippen MR) is 138 cm³/mol. The van der Waals surface area contributed by atoms with Crippen LogP contribution in [0, 0.1) is 0 Å². The van der Waals surface area contributed by atoms with Gasteiger partial charge in [-0.3, -0.25) is 0 Å². The number of aryl methyl sites for hydroxylation is 1. The van der Waals surface area contributed by atoms with Gasteiger partial charge in [0.25, 0.3) is 0 Å². The number of hydrogen-bond acceptors (Lipinski definition) is 9. The first-order valence-corrected chi connectivity index (χ1v) is 13.8. The van der Waals surface area contributed by atoms with E-state index >= 15 is 0 Å². The summed E-state index contributed by atoms with van der Waals surface area (Å²) in [7, 11) is 0. The minimum atomic E-state index is -0.906. The van der Waals surface area contributed by atoms with Crippen LogP contribution in [0.4, 0.5) is 0 Å². The maximum atomic E-state index is 13.2. The minimum absolute atomic E-state index is 0.225. The van der Waals surface area contributed by atoms with Crippen molar-refractivity contribution < 1.29 is 33.6 Å². The normalized spacial score (nSPS) is 24.8. The minimum Gasteiger partial charge on any atom is -0.464 e. The summed E-state index contributed by atoms with van der Waals surface area (Å²) in [6, 6.07) is 8.92. The number of aromatic nitrogens is 3. The molecule has 0 spiro atoms. The average molecular weight is 532 g/mol. The van der Waals surface area contributed by atoms with E-state index in [1.54, 1.807) is 13.1 Å². The second-order valence-corrected chi connectivity index (χ2v) is 10.3. The Morgan fingerprint density at radius 1 is 1.11 bits per heavy atom.